The van der Waals surface area contributed by atoms with Crippen LogP contribution < -0.4 is 10.2 Å². The fourth-order valence-electron chi connectivity index (χ4n) is 2.98. The van der Waals surface area contributed by atoms with E-state index in [1.165, 1.54) is 12.1 Å². The van der Waals surface area contributed by atoms with E-state index in [9.17, 15) is 14.9 Å². The molecule has 0 saturated heterocycles. The first-order chi connectivity index (χ1) is 12.9. The number of hydrogen-bond acceptors (Lipinski definition) is 6. The smallest absolute Gasteiger partial charge is 0.270 e. The molecule has 0 atom stereocenters. The molecule has 0 radical (unpaired) electrons. The summed E-state index contributed by atoms with van der Waals surface area (Å²) in [5.74, 6) is -0.374. The maximum atomic E-state index is 12.9. The third-order valence-electron chi connectivity index (χ3n) is 4.29. The minimum absolute atomic E-state index is 0.107. The number of nitrogens with one attached hydrogen (secondary N) is 1. The highest BCUT2D eigenvalue weighted by molar-refractivity contribution is 7.18. The van der Waals surface area contributed by atoms with Crippen LogP contribution in [0, 0.1) is 17.0 Å². The summed E-state index contributed by atoms with van der Waals surface area (Å²) in [6.45, 7) is 7.28. The number of nitrogens with zero attached hydrogens (tertiary/aromatic N) is 3. The van der Waals surface area contributed by atoms with Crippen LogP contribution in [0.4, 0.5) is 17.1 Å². The summed E-state index contributed by atoms with van der Waals surface area (Å²) in [7, 11) is 0. The van der Waals surface area contributed by atoms with Crippen molar-refractivity contribution in [2.24, 2.45) is 0 Å². The summed E-state index contributed by atoms with van der Waals surface area (Å²) in [6, 6.07) is 9.90. The second kappa shape index (κ2) is 7.71. The number of carbonyl (C=O) groups excluding carboxylic acids is 1. The van der Waals surface area contributed by atoms with Gasteiger partial charge >= 0.3 is 0 Å². The molecule has 0 fully saturated rings. The van der Waals surface area contributed by atoms with E-state index in [0.29, 0.717) is 24.5 Å². The Balaban J connectivity index is 1.97. The fourth-order valence-corrected chi connectivity index (χ4v) is 3.84. The first-order valence-corrected chi connectivity index (χ1v) is 9.46. The fraction of sp³-hybridized carbons (Fsp3) is 0.263. The number of aryl methyl sites for hydroxylation is 1. The number of nitro benzene ring substituents is 1. The van der Waals surface area contributed by atoms with Gasteiger partial charge in [0.05, 0.1) is 31.4 Å². The number of thiazole rings is 1. The Hall–Kier alpha value is -3.00. The van der Waals surface area contributed by atoms with Gasteiger partial charge in [0, 0.05) is 30.9 Å². The highest BCUT2D eigenvalue weighted by Gasteiger charge is 2.20. The second-order valence-corrected chi connectivity index (χ2v) is 7.24. The van der Waals surface area contributed by atoms with Crippen LogP contribution in [0.25, 0.3) is 10.2 Å². The zero-order chi connectivity index (χ0) is 19.6. The molecule has 1 heterocycles. The molecule has 1 N–H and O–H groups in total. The van der Waals surface area contributed by atoms with E-state index >= 15 is 0 Å². The molecule has 0 bridgehead atoms. The third kappa shape index (κ3) is 3.90. The summed E-state index contributed by atoms with van der Waals surface area (Å²) >= 11 is 1.55. The van der Waals surface area contributed by atoms with Crippen LogP contribution in [0.2, 0.25) is 0 Å². The minimum Gasteiger partial charge on any atom is -0.371 e. The van der Waals surface area contributed by atoms with Gasteiger partial charge in [-0.2, -0.15) is 0 Å². The predicted octanol–water partition coefficient (Wildman–Crippen LogP) is 4.61. The Bertz CT molecular complexity index is 1010. The van der Waals surface area contributed by atoms with Gasteiger partial charge < -0.3 is 10.2 Å². The molecule has 27 heavy (non-hydrogen) atoms. The molecule has 0 aliphatic rings. The maximum absolute atomic E-state index is 12.9. The highest BCUT2D eigenvalue weighted by atomic mass is 32.1. The largest absolute Gasteiger partial charge is 0.371 e. The van der Waals surface area contributed by atoms with E-state index in [0.717, 1.165) is 15.2 Å². The maximum Gasteiger partial charge on any atom is 0.270 e. The zero-order valence-corrected chi connectivity index (χ0v) is 16.2. The lowest BCUT2D eigenvalue weighted by molar-refractivity contribution is -0.384. The van der Waals surface area contributed by atoms with Crippen molar-refractivity contribution in [2.45, 2.75) is 20.8 Å². The SMILES string of the molecule is CCN(CC)c1ccc([N+](=O)[O-])cc1C(=O)Nc1ccc2nc(C)sc2c1. The lowest BCUT2D eigenvalue weighted by Gasteiger charge is -2.23. The first-order valence-electron chi connectivity index (χ1n) is 8.64. The van der Waals surface area contributed by atoms with Crippen molar-refractivity contribution in [3.8, 4) is 0 Å². The van der Waals surface area contributed by atoms with Crippen LogP contribution in [0.1, 0.15) is 29.2 Å². The topological polar surface area (TPSA) is 88.4 Å². The van der Waals surface area contributed by atoms with Crippen molar-refractivity contribution in [1.82, 2.24) is 4.98 Å². The van der Waals surface area contributed by atoms with Crippen LogP contribution in [0.3, 0.4) is 0 Å². The Morgan fingerprint density at radius 2 is 1.96 bits per heavy atom. The van der Waals surface area contributed by atoms with Crippen molar-refractivity contribution in [3.05, 3.63) is 57.1 Å². The third-order valence-corrected chi connectivity index (χ3v) is 5.23. The number of rotatable bonds is 6. The molecule has 0 spiro atoms. The summed E-state index contributed by atoms with van der Waals surface area (Å²) in [6.07, 6.45) is 0. The van der Waals surface area contributed by atoms with Crippen molar-refractivity contribution in [2.75, 3.05) is 23.3 Å². The summed E-state index contributed by atoms with van der Waals surface area (Å²) in [4.78, 5) is 30.0. The molecule has 1 aromatic heterocycles. The number of hydrogen-bond donors (Lipinski definition) is 1. The van der Waals surface area contributed by atoms with Crippen molar-refractivity contribution >= 4 is 44.5 Å². The molecule has 0 saturated carbocycles. The van der Waals surface area contributed by atoms with Crippen molar-refractivity contribution in [1.29, 1.82) is 0 Å². The van der Waals surface area contributed by atoms with Crippen LogP contribution in [-0.4, -0.2) is 28.9 Å². The molecule has 0 aliphatic carbocycles. The molecule has 0 aliphatic heterocycles. The Labute approximate surface area is 160 Å². The van der Waals surface area contributed by atoms with Gasteiger partial charge in [-0.05, 0) is 45.0 Å². The van der Waals surface area contributed by atoms with Crippen LogP contribution >= 0.6 is 11.3 Å². The Morgan fingerprint density at radius 1 is 1.22 bits per heavy atom. The normalized spacial score (nSPS) is 10.8. The van der Waals surface area contributed by atoms with Gasteiger partial charge in [-0.25, -0.2) is 4.98 Å². The molecular weight excluding hydrogens is 364 g/mol. The lowest BCUT2D eigenvalue weighted by Crippen LogP contribution is -2.25. The van der Waals surface area contributed by atoms with Gasteiger partial charge in [0.2, 0.25) is 0 Å². The lowest BCUT2D eigenvalue weighted by atomic mass is 10.1. The quantitative estimate of drug-likeness (QED) is 0.495. The second-order valence-electron chi connectivity index (χ2n) is 6.00. The van der Waals surface area contributed by atoms with Crippen LogP contribution in [0.5, 0.6) is 0 Å². The summed E-state index contributed by atoms with van der Waals surface area (Å²) < 4.78 is 0.980. The van der Waals surface area contributed by atoms with Crippen LogP contribution in [0.15, 0.2) is 36.4 Å². The number of nitro groups is 1. The van der Waals surface area contributed by atoms with Gasteiger partial charge in [-0.1, -0.05) is 0 Å². The molecule has 3 aromatic rings. The van der Waals surface area contributed by atoms with E-state index in [-0.39, 0.29) is 17.2 Å². The van der Waals surface area contributed by atoms with E-state index in [2.05, 4.69) is 10.3 Å². The molecule has 1 amide bonds. The number of non-ortho nitro benzene ring substituents is 1. The summed E-state index contributed by atoms with van der Waals surface area (Å²) in [5, 5.41) is 15.0. The average molecular weight is 384 g/mol. The van der Waals surface area contributed by atoms with Crippen molar-refractivity contribution in [3.63, 3.8) is 0 Å². The minimum atomic E-state index is -0.491. The average Bonchev–Trinajstić information content (AvgIpc) is 3.02. The van der Waals surface area contributed by atoms with E-state index < -0.39 is 4.92 Å². The standard InChI is InChI=1S/C19H20N4O3S/c1-4-22(5-2)17-9-7-14(23(25)26)11-15(17)19(24)21-13-6-8-16-18(10-13)27-12(3)20-16/h6-11H,4-5H2,1-3H3,(H,21,24). The molecule has 7 nitrogen and oxygen atoms in total. The van der Waals surface area contributed by atoms with Crippen molar-refractivity contribution < 1.29 is 9.72 Å². The molecule has 0 unspecified atom stereocenters. The van der Waals surface area contributed by atoms with Gasteiger partial charge in [0.1, 0.15) is 0 Å². The van der Waals surface area contributed by atoms with E-state index in [1.54, 1.807) is 23.5 Å². The number of benzene rings is 2. The molecular formula is C19H20N4O3S. The van der Waals surface area contributed by atoms with Gasteiger partial charge in [0.25, 0.3) is 11.6 Å². The monoisotopic (exact) mass is 384 g/mol. The van der Waals surface area contributed by atoms with Gasteiger partial charge in [-0.15, -0.1) is 11.3 Å². The first kappa shape index (κ1) is 18.8. The van der Waals surface area contributed by atoms with E-state index in [4.69, 9.17) is 0 Å². The molecule has 140 valence electrons. The zero-order valence-electron chi connectivity index (χ0n) is 15.4. The number of aromatic nitrogens is 1. The molecule has 8 heteroatoms. The van der Waals surface area contributed by atoms with E-state index in [1.807, 2.05) is 37.8 Å². The number of anilines is 2. The highest BCUT2D eigenvalue weighted by Crippen LogP contribution is 2.28. The predicted molar refractivity (Wildman–Crippen MR) is 109 cm³/mol. The Kier molecular flexibility index (Phi) is 5.36. The Morgan fingerprint density at radius 3 is 2.63 bits per heavy atom. The van der Waals surface area contributed by atoms with Crippen LogP contribution in [-0.2, 0) is 0 Å². The van der Waals surface area contributed by atoms with Gasteiger partial charge in [-0.3, -0.25) is 14.9 Å². The number of fused-ring (bicyclic) bond motifs is 1. The molecule has 2 aromatic carbocycles. The number of amides is 1. The molecule has 3 rings (SSSR count). The number of carbonyl (C=O) groups is 1. The van der Waals surface area contributed by atoms with Gasteiger partial charge in [0.15, 0.2) is 0 Å². The summed E-state index contributed by atoms with van der Waals surface area (Å²) in [5.41, 5.74) is 2.37.